The first-order valence-corrected chi connectivity index (χ1v) is 10.4. The van der Waals surface area contributed by atoms with Crippen LogP contribution < -0.4 is 0 Å². The number of rotatable bonds is 5. The first-order valence-electron chi connectivity index (χ1n) is 10.4. The summed E-state index contributed by atoms with van der Waals surface area (Å²) in [6.07, 6.45) is 0. The van der Waals surface area contributed by atoms with E-state index in [4.69, 9.17) is 0 Å². The van der Waals surface area contributed by atoms with Gasteiger partial charge in [0.25, 0.3) is 0 Å². The molecular weight excluding hydrogens is 340 g/mol. The molecule has 144 valence electrons. The Morgan fingerprint density at radius 2 is 1.18 bits per heavy atom. The van der Waals surface area contributed by atoms with E-state index in [1.807, 2.05) is 0 Å². The Morgan fingerprint density at radius 3 is 1.68 bits per heavy atom. The second-order valence-corrected chi connectivity index (χ2v) is 7.98. The van der Waals surface area contributed by atoms with Gasteiger partial charge in [-0.15, -0.1) is 0 Å². The number of hydrogen-bond acceptors (Lipinski definition) is 2. The van der Waals surface area contributed by atoms with E-state index in [1.165, 1.54) is 16.7 Å². The molecule has 1 atom stereocenters. The maximum atomic E-state index is 2.67. The van der Waals surface area contributed by atoms with E-state index in [9.17, 15) is 0 Å². The maximum absolute atomic E-state index is 2.67. The van der Waals surface area contributed by atoms with Crippen LogP contribution in [0.4, 0.5) is 0 Å². The first kappa shape index (κ1) is 18.9. The lowest BCUT2D eigenvalue weighted by atomic mass is 9.93. The van der Waals surface area contributed by atoms with Crippen LogP contribution >= 0.6 is 0 Å². The molecule has 2 nitrogen and oxygen atoms in total. The predicted octanol–water partition coefficient (Wildman–Crippen LogP) is 5.54. The number of benzene rings is 3. The van der Waals surface area contributed by atoms with Crippen LogP contribution in [0, 0.1) is 0 Å². The van der Waals surface area contributed by atoms with E-state index in [-0.39, 0.29) is 0 Å². The van der Waals surface area contributed by atoms with E-state index in [0.717, 1.165) is 19.6 Å². The summed E-state index contributed by atoms with van der Waals surface area (Å²) >= 11 is 0. The van der Waals surface area contributed by atoms with Gasteiger partial charge in [0.15, 0.2) is 0 Å². The molecule has 2 heteroatoms. The minimum absolute atomic E-state index is 0.294. The highest BCUT2D eigenvalue weighted by molar-refractivity contribution is 5.32. The van der Waals surface area contributed by atoms with Gasteiger partial charge in [0.1, 0.15) is 0 Å². The molecule has 0 amide bonds. The van der Waals surface area contributed by atoms with E-state index in [0.29, 0.717) is 18.1 Å². The Bertz CT molecular complexity index is 806. The summed E-state index contributed by atoms with van der Waals surface area (Å²) in [6, 6.07) is 34.2. The maximum Gasteiger partial charge on any atom is 0.0602 e. The van der Waals surface area contributed by atoms with Crippen LogP contribution in [0.5, 0.6) is 0 Å². The zero-order chi connectivity index (χ0) is 19.3. The monoisotopic (exact) mass is 370 g/mol. The molecule has 0 bridgehead atoms. The molecule has 0 radical (unpaired) electrons. The third-order valence-electron chi connectivity index (χ3n) is 5.90. The van der Waals surface area contributed by atoms with Crippen LogP contribution in [0.2, 0.25) is 0 Å². The lowest BCUT2D eigenvalue weighted by Crippen LogP contribution is -2.51. The van der Waals surface area contributed by atoms with Crippen LogP contribution in [-0.4, -0.2) is 35.5 Å². The lowest BCUT2D eigenvalue weighted by molar-refractivity contribution is 0.0359. The number of piperazine rings is 1. The van der Waals surface area contributed by atoms with Gasteiger partial charge in [-0.3, -0.25) is 9.80 Å². The van der Waals surface area contributed by atoms with Crippen molar-refractivity contribution >= 4 is 0 Å². The Labute approximate surface area is 169 Å². The molecular formula is C26H30N2. The van der Waals surface area contributed by atoms with E-state index >= 15 is 0 Å². The van der Waals surface area contributed by atoms with Crippen LogP contribution in [0.15, 0.2) is 91.0 Å². The molecule has 1 aliphatic rings. The predicted molar refractivity (Wildman–Crippen MR) is 117 cm³/mol. The molecule has 0 unspecified atom stereocenters. The van der Waals surface area contributed by atoms with Crippen molar-refractivity contribution in [2.45, 2.75) is 32.0 Å². The second kappa shape index (κ2) is 8.72. The summed E-state index contributed by atoms with van der Waals surface area (Å²) in [6.45, 7) is 7.84. The molecule has 3 aromatic carbocycles. The highest BCUT2D eigenvalue weighted by Gasteiger charge is 2.33. The van der Waals surface area contributed by atoms with Crippen molar-refractivity contribution in [1.82, 2.24) is 9.80 Å². The van der Waals surface area contributed by atoms with Gasteiger partial charge in [0.2, 0.25) is 0 Å². The summed E-state index contributed by atoms with van der Waals surface area (Å²) in [5, 5.41) is 0. The van der Waals surface area contributed by atoms with Crippen LogP contribution in [-0.2, 0) is 0 Å². The standard InChI is InChI=1S/C26H30N2/c1-21(2)28-19-18-27(20-25(28)22-12-6-3-7-13-22)26(23-14-8-4-9-15-23)24-16-10-5-11-17-24/h3-17,21,25-26H,18-20H2,1-2H3/t25-/m1/s1. The van der Waals surface area contributed by atoms with E-state index in [1.54, 1.807) is 0 Å². The lowest BCUT2D eigenvalue weighted by Gasteiger charge is -2.46. The average molecular weight is 371 g/mol. The third kappa shape index (κ3) is 4.04. The SMILES string of the molecule is CC(C)N1CCN(C(c2ccccc2)c2ccccc2)C[C@@H]1c1ccccc1. The van der Waals surface area contributed by atoms with Crippen LogP contribution in [0.25, 0.3) is 0 Å². The van der Waals surface area contributed by atoms with Gasteiger partial charge in [-0.1, -0.05) is 91.0 Å². The Balaban J connectivity index is 1.69. The number of hydrogen-bond donors (Lipinski definition) is 0. The largest absolute Gasteiger partial charge is 0.291 e. The normalized spacial score (nSPS) is 18.6. The zero-order valence-corrected chi connectivity index (χ0v) is 16.9. The van der Waals surface area contributed by atoms with Gasteiger partial charge in [0, 0.05) is 31.7 Å². The quantitative estimate of drug-likeness (QED) is 0.581. The molecule has 0 spiro atoms. The first-order chi connectivity index (χ1) is 13.7. The van der Waals surface area contributed by atoms with Crippen LogP contribution in [0.1, 0.15) is 42.6 Å². The number of nitrogens with zero attached hydrogens (tertiary/aromatic N) is 2. The topological polar surface area (TPSA) is 6.48 Å². The van der Waals surface area contributed by atoms with Crippen molar-refractivity contribution < 1.29 is 0 Å². The van der Waals surface area contributed by atoms with Crippen molar-refractivity contribution in [3.63, 3.8) is 0 Å². The molecule has 1 saturated heterocycles. The molecule has 0 saturated carbocycles. The molecule has 0 aromatic heterocycles. The molecule has 28 heavy (non-hydrogen) atoms. The minimum atomic E-state index is 0.294. The van der Waals surface area contributed by atoms with Crippen molar-refractivity contribution in [1.29, 1.82) is 0 Å². The van der Waals surface area contributed by atoms with Gasteiger partial charge in [0.05, 0.1) is 6.04 Å². The average Bonchev–Trinajstić information content (AvgIpc) is 2.76. The Kier molecular flexibility index (Phi) is 5.90. The Hall–Kier alpha value is -2.42. The second-order valence-electron chi connectivity index (χ2n) is 7.98. The summed E-state index contributed by atoms with van der Waals surface area (Å²) in [5.74, 6) is 0. The van der Waals surface area contributed by atoms with Gasteiger partial charge in [-0.05, 0) is 30.5 Å². The molecule has 3 aromatic rings. The highest BCUT2D eigenvalue weighted by Crippen LogP contribution is 2.35. The zero-order valence-electron chi connectivity index (χ0n) is 16.9. The molecule has 0 N–H and O–H groups in total. The van der Waals surface area contributed by atoms with E-state index in [2.05, 4.69) is 115 Å². The summed E-state index contributed by atoms with van der Waals surface area (Å²) in [7, 11) is 0. The van der Waals surface area contributed by atoms with E-state index < -0.39 is 0 Å². The van der Waals surface area contributed by atoms with Gasteiger partial charge in [-0.2, -0.15) is 0 Å². The van der Waals surface area contributed by atoms with Crippen molar-refractivity contribution in [2.75, 3.05) is 19.6 Å². The van der Waals surface area contributed by atoms with Gasteiger partial charge in [-0.25, -0.2) is 0 Å². The fraction of sp³-hybridized carbons (Fsp3) is 0.308. The van der Waals surface area contributed by atoms with Crippen molar-refractivity contribution in [2.24, 2.45) is 0 Å². The van der Waals surface area contributed by atoms with Gasteiger partial charge >= 0.3 is 0 Å². The fourth-order valence-electron chi connectivity index (χ4n) is 4.53. The van der Waals surface area contributed by atoms with Crippen molar-refractivity contribution in [3.8, 4) is 0 Å². The molecule has 0 aliphatic carbocycles. The summed E-state index contributed by atoms with van der Waals surface area (Å²) in [5.41, 5.74) is 4.16. The highest BCUT2D eigenvalue weighted by atomic mass is 15.3. The molecule has 1 heterocycles. The molecule has 4 rings (SSSR count). The smallest absolute Gasteiger partial charge is 0.0602 e. The Morgan fingerprint density at radius 1 is 0.679 bits per heavy atom. The van der Waals surface area contributed by atoms with Gasteiger partial charge < -0.3 is 0 Å². The molecule has 1 aliphatic heterocycles. The van der Waals surface area contributed by atoms with Crippen molar-refractivity contribution in [3.05, 3.63) is 108 Å². The fourth-order valence-corrected chi connectivity index (χ4v) is 4.53. The molecule has 1 fully saturated rings. The summed E-state index contributed by atoms with van der Waals surface area (Å²) in [4.78, 5) is 5.32. The van der Waals surface area contributed by atoms with Crippen LogP contribution in [0.3, 0.4) is 0 Å². The minimum Gasteiger partial charge on any atom is -0.291 e. The third-order valence-corrected chi connectivity index (χ3v) is 5.90. The summed E-state index contributed by atoms with van der Waals surface area (Å²) < 4.78 is 0.